The van der Waals surface area contributed by atoms with Gasteiger partial charge in [0, 0.05) is 24.8 Å². The van der Waals surface area contributed by atoms with E-state index in [-0.39, 0.29) is 5.69 Å². The van der Waals surface area contributed by atoms with E-state index in [4.69, 9.17) is 10.5 Å². The Kier molecular flexibility index (Phi) is 3.41. The first-order valence-corrected chi connectivity index (χ1v) is 5.99. The van der Waals surface area contributed by atoms with E-state index in [1.165, 1.54) is 13.2 Å². The molecule has 0 aliphatic carbocycles. The largest absolute Gasteiger partial charge is 0.494 e. The molecule has 1 aliphatic heterocycles. The molecule has 1 saturated heterocycles. The number of hydrogen-bond donors (Lipinski definition) is 1. The number of ether oxygens (including phenoxy) is 1. The number of nitrogen functional groups attached to an aromatic ring is 1. The minimum absolute atomic E-state index is 0.0848. The molecule has 0 bridgehead atoms. The van der Waals surface area contributed by atoms with Crippen molar-refractivity contribution in [2.75, 3.05) is 30.8 Å². The molecule has 3 nitrogen and oxygen atoms in total. The summed E-state index contributed by atoms with van der Waals surface area (Å²) in [5.74, 6) is 0.767. The van der Waals surface area contributed by atoms with Gasteiger partial charge in [-0.25, -0.2) is 4.39 Å². The molecule has 0 radical (unpaired) electrons. The first-order chi connectivity index (χ1) is 8.11. The first kappa shape index (κ1) is 12.0. The average Bonchev–Trinajstić information content (AvgIpc) is 2.33. The maximum absolute atomic E-state index is 13.6. The van der Waals surface area contributed by atoms with Crippen molar-refractivity contribution in [3.05, 3.63) is 17.9 Å². The van der Waals surface area contributed by atoms with Crippen molar-refractivity contribution >= 4 is 11.4 Å². The van der Waals surface area contributed by atoms with Crippen molar-refractivity contribution < 1.29 is 9.13 Å². The standard InChI is InChI=1S/C13H19FN2O/c1-9-3-5-16(6-4-9)10-7-11(14)13(15)12(8-10)17-2/h7-9H,3-6,15H2,1-2H3. The van der Waals surface area contributed by atoms with Crippen LogP contribution in [0.15, 0.2) is 12.1 Å². The lowest BCUT2D eigenvalue weighted by Gasteiger charge is -2.32. The van der Waals surface area contributed by atoms with Crippen LogP contribution in [0.25, 0.3) is 0 Å². The SMILES string of the molecule is COc1cc(N2CCC(C)CC2)cc(F)c1N. The Morgan fingerprint density at radius 3 is 2.59 bits per heavy atom. The maximum atomic E-state index is 13.6. The predicted octanol–water partition coefficient (Wildman–Crippen LogP) is 2.65. The Morgan fingerprint density at radius 2 is 2.00 bits per heavy atom. The van der Waals surface area contributed by atoms with E-state index in [0.717, 1.165) is 37.5 Å². The second-order valence-electron chi connectivity index (χ2n) is 4.71. The van der Waals surface area contributed by atoms with Crippen LogP contribution in [0.3, 0.4) is 0 Å². The highest BCUT2D eigenvalue weighted by Gasteiger charge is 2.18. The monoisotopic (exact) mass is 238 g/mol. The third-order valence-corrected chi connectivity index (χ3v) is 3.45. The molecule has 0 aromatic heterocycles. The van der Waals surface area contributed by atoms with Crippen LogP contribution in [0.4, 0.5) is 15.8 Å². The van der Waals surface area contributed by atoms with Crippen LogP contribution in [0.2, 0.25) is 0 Å². The minimum Gasteiger partial charge on any atom is -0.494 e. The first-order valence-electron chi connectivity index (χ1n) is 5.99. The fourth-order valence-corrected chi connectivity index (χ4v) is 2.20. The molecular formula is C13H19FN2O. The molecule has 0 amide bonds. The van der Waals surface area contributed by atoms with Crippen LogP contribution in [0.1, 0.15) is 19.8 Å². The highest BCUT2D eigenvalue weighted by atomic mass is 19.1. The summed E-state index contributed by atoms with van der Waals surface area (Å²) in [6, 6.07) is 3.31. The van der Waals surface area contributed by atoms with Gasteiger partial charge in [0.25, 0.3) is 0 Å². The number of nitrogens with zero attached hydrogens (tertiary/aromatic N) is 1. The van der Waals surface area contributed by atoms with Gasteiger partial charge in [-0.3, -0.25) is 0 Å². The summed E-state index contributed by atoms with van der Waals surface area (Å²) < 4.78 is 18.7. The second kappa shape index (κ2) is 4.82. The smallest absolute Gasteiger partial charge is 0.151 e. The molecule has 0 unspecified atom stereocenters. The Morgan fingerprint density at radius 1 is 1.35 bits per heavy atom. The lowest BCUT2D eigenvalue weighted by molar-refractivity contribution is 0.412. The van der Waals surface area contributed by atoms with Gasteiger partial charge in [-0.15, -0.1) is 0 Å². The summed E-state index contributed by atoms with van der Waals surface area (Å²) in [7, 11) is 1.51. The van der Waals surface area contributed by atoms with E-state index in [1.807, 2.05) is 6.07 Å². The van der Waals surface area contributed by atoms with Gasteiger partial charge in [0.1, 0.15) is 11.4 Å². The molecule has 0 spiro atoms. The highest BCUT2D eigenvalue weighted by molar-refractivity contribution is 5.63. The maximum Gasteiger partial charge on any atom is 0.151 e. The molecule has 1 aromatic carbocycles. The average molecular weight is 238 g/mol. The fourth-order valence-electron chi connectivity index (χ4n) is 2.20. The molecule has 4 heteroatoms. The third kappa shape index (κ3) is 2.46. The lowest BCUT2D eigenvalue weighted by atomic mass is 9.99. The molecule has 1 aromatic rings. The van der Waals surface area contributed by atoms with Crippen LogP contribution in [0.5, 0.6) is 5.75 Å². The summed E-state index contributed by atoms with van der Waals surface area (Å²) in [4.78, 5) is 2.19. The molecule has 0 atom stereocenters. The number of halogens is 1. The zero-order chi connectivity index (χ0) is 12.4. The van der Waals surface area contributed by atoms with Crippen LogP contribution >= 0.6 is 0 Å². The Bertz CT molecular complexity index is 401. The fraction of sp³-hybridized carbons (Fsp3) is 0.538. The van der Waals surface area contributed by atoms with Crippen LogP contribution in [0, 0.1) is 11.7 Å². The number of rotatable bonds is 2. The van der Waals surface area contributed by atoms with Gasteiger partial charge in [-0.1, -0.05) is 6.92 Å². The van der Waals surface area contributed by atoms with Gasteiger partial charge < -0.3 is 15.4 Å². The van der Waals surface area contributed by atoms with E-state index in [0.29, 0.717) is 5.75 Å². The van der Waals surface area contributed by atoms with Crippen molar-refractivity contribution in [2.45, 2.75) is 19.8 Å². The number of anilines is 2. The molecule has 1 heterocycles. The molecule has 17 heavy (non-hydrogen) atoms. The van der Waals surface area contributed by atoms with Gasteiger partial charge in [-0.2, -0.15) is 0 Å². The zero-order valence-electron chi connectivity index (χ0n) is 10.4. The summed E-state index contributed by atoms with van der Waals surface area (Å²) in [5.41, 5.74) is 6.54. The number of piperidine rings is 1. The van der Waals surface area contributed by atoms with E-state index in [1.54, 1.807) is 0 Å². The van der Waals surface area contributed by atoms with Crippen LogP contribution < -0.4 is 15.4 Å². The number of methoxy groups -OCH3 is 1. The van der Waals surface area contributed by atoms with E-state index in [2.05, 4.69) is 11.8 Å². The van der Waals surface area contributed by atoms with Crippen molar-refractivity contribution in [1.29, 1.82) is 0 Å². The van der Waals surface area contributed by atoms with E-state index in [9.17, 15) is 4.39 Å². The predicted molar refractivity (Wildman–Crippen MR) is 68.0 cm³/mol. The molecule has 2 rings (SSSR count). The van der Waals surface area contributed by atoms with Crippen molar-refractivity contribution in [3.8, 4) is 5.75 Å². The van der Waals surface area contributed by atoms with Crippen molar-refractivity contribution in [2.24, 2.45) is 5.92 Å². The molecule has 0 saturated carbocycles. The van der Waals surface area contributed by atoms with Crippen LogP contribution in [-0.2, 0) is 0 Å². The van der Waals surface area contributed by atoms with Gasteiger partial charge in [0.2, 0.25) is 0 Å². The van der Waals surface area contributed by atoms with Gasteiger partial charge in [0.05, 0.1) is 7.11 Å². The Balaban J connectivity index is 2.24. The molecule has 1 aliphatic rings. The van der Waals surface area contributed by atoms with Gasteiger partial charge >= 0.3 is 0 Å². The lowest BCUT2D eigenvalue weighted by Crippen LogP contribution is -2.32. The number of hydrogen-bond acceptors (Lipinski definition) is 3. The summed E-state index contributed by atoms with van der Waals surface area (Å²) in [6.07, 6.45) is 2.29. The second-order valence-corrected chi connectivity index (χ2v) is 4.71. The molecular weight excluding hydrogens is 219 g/mol. The van der Waals surface area contributed by atoms with Crippen LogP contribution in [-0.4, -0.2) is 20.2 Å². The number of nitrogens with two attached hydrogens (primary N) is 1. The quantitative estimate of drug-likeness (QED) is 0.805. The molecule has 2 N–H and O–H groups in total. The summed E-state index contributed by atoms with van der Waals surface area (Å²) >= 11 is 0. The van der Waals surface area contributed by atoms with Crippen molar-refractivity contribution in [1.82, 2.24) is 0 Å². The van der Waals surface area contributed by atoms with Crippen molar-refractivity contribution in [3.63, 3.8) is 0 Å². The van der Waals surface area contributed by atoms with Gasteiger partial charge in [0.15, 0.2) is 5.82 Å². The summed E-state index contributed by atoms with van der Waals surface area (Å²) in [5, 5.41) is 0. The van der Waals surface area contributed by atoms with Gasteiger partial charge in [-0.05, 0) is 24.8 Å². The molecule has 1 fully saturated rings. The highest BCUT2D eigenvalue weighted by Crippen LogP contribution is 2.32. The summed E-state index contributed by atoms with van der Waals surface area (Å²) in [6.45, 7) is 4.18. The Hall–Kier alpha value is -1.45. The topological polar surface area (TPSA) is 38.5 Å². The van der Waals surface area contributed by atoms with E-state index >= 15 is 0 Å². The zero-order valence-corrected chi connectivity index (χ0v) is 10.4. The Labute approximate surface area is 101 Å². The van der Waals surface area contributed by atoms with E-state index < -0.39 is 5.82 Å². The number of benzene rings is 1. The third-order valence-electron chi connectivity index (χ3n) is 3.45. The molecule has 94 valence electrons. The normalized spacial score (nSPS) is 17.2. The minimum atomic E-state index is -0.405.